The second-order valence-electron chi connectivity index (χ2n) is 12.6. The summed E-state index contributed by atoms with van der Waals surface area (Å²) in [5.41, 5.74) is 12.1. The summed E-state index contributed by atoms with van der Waals surface area (Å²) in [7, 11) is 0. The van der Waals surface area contributed by atoms with Crippen LogP contribution in [0.15, 0.2) is 182 Å². The van der Waals surface area contributed by atoms with Crippen LogP contribution in [0.3, 0.4) is 0 Å². The zero-order valence-corrected chi connectivity index (χ0v) is 26.2. The molecule has 10 rings (SSSR count). The molecule has 0 bridgehead atoms. The summed E-state index contributed by atoms with van der Waals surface area (Å²) in [5, 5.41) is 7.54. The molecule has 0 amide bonds. The van der Waals surface area contributed by atoms with Crippen LogP contribution in [0.4, 0.5) is 0 Å². The Kier molecular flexibility index (Phi) is 5.91. The summed E-state index contributed by atoms with van der Waals surface area (Å²) in [4.78, 5) is 0. The van der Waals surface area contributed by atoms with Gasteiger partial charge < -0.3 is 9.13 Å². The topological polar surface area (TPSA) is 9.86 Å². The van der Waals surface area contributed by atoms with Gasteiger partial charge in [-0.05, 0) is 81.6 Å². The van der Waals surface area contributed by atoms with Crippen LogP contribution in [-0.4, -0.2) is 9.13 Å². The third-order valence-electron chi connectivity index (χ3n) is 9.91. The van der Waals surface area contributed by atoms with Gasteiger partial charge in [-0.15, -0.1) is 0 Å². The van der Waals surface area contributed by atoms with E-state index in [9.17, 15) is 0 Å². The van der Waals surface area contributed by atoms with Gasteiger partial charge in [-0.2, -0.15) is 0 Å². The second kappa shape index (κ2) is 10.6. The Bertz CT molecular complexity index is 2820. The van der Waals surface area contributed by atoms with Gasteiger partial charge in [-0.1, -0.05) is 133 Å². The van der Waals surface area contributed by atoms with E-state index in [1.165, 1.54) is 82.3 Å². The van der Waals surface area contributed by atoms with E-state index in [-0.39, 0.29) is 0 Å². The normalized spacial score (nSPS) is 11.8. The molecule has 8 aromatic carbocycles. The van der Waals surface area contributed by atoms with Crippen LogP contribution in [0.25, 0.3) is 88.0 Å². The number of rotatable bonds is 4. The number of hydrogen-bond acceptors (Lipinski definition) is 0. The molecule has 0 atom stereocenters. The minimum Gasteiger partial charge on any atom is -0.309 e. The zero-order valence-electron chi connectivity index (χ0n) is 26.2. The monoisotopic (exact) mass is 610 g/mol. The van der Waals surface area contributed by atoms with Crippen LogP contribution in [0.5, 0.6) is 0 Å². The number of hydrogen-bond donors (Lipinski definition) is 0. The van der Waals surface area contributed by atoms with E-state index in [0.717, 1.165) is 5.69 Å². The lowest BCUT2D eigenvalue weighted by Gasteiger charge is -2.12. The van der Waals surface area contributed by atoms with Gasteiger partial charge in [0.25, 0.3) is 0 Å². The van der Waals surface area contributed by atoms with Gasteiger partial charge in [0.1, 0.15) is 0 Å². The first kappa shape index (κ1) is 26.8. The second-order valence-corrected chi connectivity index (χ2v) is 12.6. The summed E-state index contributed by atoms with van der Waals surface area (Å²) in [5.74, 6) is 0. The molecular weight excluding hydrogens is 581 g/mol. The molecule has 10 aromatic rings. The molecule has 0 saturated carbocycles. The van der Waals surface area contributed by atoms with Gasteiger partial charge in [-0.3, -0.25) is 0 Å². The van der Waals surface area contributed by atoms with Gasteiger partial charge in [0, 0.05) is 32.9 Å². The summed E-state index contributed by atoms with van der Waals surface area (Å²) >= 11 is 0. The highest BCUT2D eigenvalue weighted by Gasteiger charge is 2.18. The van der Waals surface area contributed by atoms with Crippen molar-refractivity contribution in [2.24, 2.45) is 0 Å². The molecule has 0 aliphatic rings. The summed E-state index contributed by atoms with van der Waals surface area (Å²) < 4.78 is 4.84. The van der Waals surface area contributed by atoms with E-state index in [0.29, 0.717) is 0 Å². The van der Waals surface area contributed by atoms with Crippen molar-refractivity contribution < 1.29 is 0 Å². The molecule has 0 aliphatic heterocycles. The van der Waals surface area contributed by atoms with Crippen molar-refractivity contribution >= 4 is 54.4 Å². The third kappa shape index (κ3) is 4.06. The standard InChI is InChI=1S/C46H30N2/c1-2-11-31(12-3-1)33-21-25-36(26-22-33)47-43-19-9-7-16-41(43)46-38(17-10-20-44(46)47)35-24-28-40-39-15-6-8-18-42(39)48(45(40)30-35)37-27-23-32-13-4-5-14-34(32)29-37/h1-30H. The maximum Gasteiger partial charge on any atom is 0.0547 e. The fourth-order valence-electron chi connectivity index (χ4n) is 7.70. The van der Waals surface area contributed by atoms with Gasteiger partial charge in [-0.25, -0.2) is 0 Å². The van der Waals surface area contributed by atoms with Crippen molar-refractivity contribution in [3.8, 4) is 33.6 Å². The molecule has 2 nitrogen and oxygen atoms in total. The third-order valence-corrected chi connectivity index (χ3v) is 9.91. The van der Waals surface area contributed by atoms with Crippen LogP contribution >= 0.6 is 0 Å². The smallest absolute Gasteiger partial charge is 0.0547 e. The van der Waals surface area contributed by atoms with Crippen molar-refractivity contribution in [1.29, 1.82) is 0 Å². The lowest BCUT2D eigenvalue weighted by atomic mass is 9.98. The SMILES string of the molecule is c1ccc(-c2ccc(-n3c4ccccc4c4c(-c5ccc6c7ccccc7n(-c7ccc8ccccc8c7)c6c5)cccc43)cc2)cc1. The molecule has 2 heterocycles. The van der Waals surface area contributed by atoms with Crippen LogP contribution in [0.2, 0.25) is 0 Å². The van der Waals surface area contributed by atoms with E-state index in [4.69, 9.17) is 0 Å². The van der Waals surface area contributed by atoms with Crippen LogP contribution < -0.4 is 0 Å². The zero-order chi connectivity index (χ0) is 31.6. The lowest BCUT2D eigenvalue weighted by molar-refractivity contribution is 1.18. The number of para-hydroxylation sites is 2. The highest BCUT2D eigenvalue weighted by Crippen LogP contribution is 2.41. The van der Waals surface area contributed by atoms with Crippen LogP contribution in [0.1, 0.15) is 0 Å². The van der Waals surface area contributed by atoms with E-state index in [2.05, 4.69) is 191 Å². The minimum atomic E-state index is 1.16. The Morgan fingerprint density at radius 3 is 1.71 bits per heavy atom. The summed E-state index contributed by atoms with van der Waals surface area (Å²) in [6.45, 7) is 0. The summed E-state index contributed by atoms with van der Waals surface area (Å²) in [6, 6.07) is 66.2. The number of aromatic nitrogens is 2. The molecule has 0 saturated heterocycles. The largest absolute Gasteiger partial charge is 0.309 e. The Balaban J connectivity index is 1.20. The maximum absolute atomic E-state index is 2.43. The van der Waals surface area contributed by atoms with Crippen molar-refractivity contribution in [3.63, 3.8) is 0 Å². The molecule has 48 heavy (non-hydrogen) atoms. The Labute approximate surface area is 278 Å². The number of nitrogens with zero attached hydrogens (tertiary/aromatic N) is 2. The Morgan fingerprint density at radius 1 is 0.292 bits per heavy atom. The van der Waals surface area contributed by atoms with Gasteiger partial charge >= 0.3 is 0 Å². The molecule has 0 spiro atoms. The molecule has 224 valence electrons. The molecule has 0 fully saturated rings. The average molecular weight is 611 g/mol. The van der Waals surface area contributed by atoms with Crippen LogP contribution in [-0.2, 0) is 0 Å². The molecule has 2 heteroatoms. The van der Waals surface area contributed by atoms with Gasteiger partial charge in [0.05, 0.1) is 22.1 Å². The van der Waals surface area contributed by atoms with E-state index >= 15 is 0 Å². The minimum absolute atomic E-state index is 1.16. The maximum atomic E-state index is 2.43. The molecule has 0 aliphatic carbocycles. The van der Waals surface area contributed by atoms with Crippen LogP contribution in [0, 0.1) is 0 Å². The highest BCUT2D eigenvalue weighted by molar-refractivity contribution is 6.17. The number of benzene rings is 8. The predicted molar refractivity (Wildman–Crippen MR) is 203 cm³/mol. The fourth-order valence-corrected chi connectivity index (χ4v) is 7.70. The Morgan fingerprint density at radius 2 is 0.875 bits per heavy atom. The highest BCUT2D eigenvalue weighted by atomic mass is 15.0. The van der Waals surface area contributed by atoms with Gasteiger partial charge in [0.2, 0.25) is 0 Å². The van der Waals surface area contributed by atoms with Crippen molar-refractivity contribution in [2.45, 2.75) is 0 Å². The van der Waals surface area contributed by atoms with E-state index in [1.807, 2.05) is 0 Å². The fraction of sp³-hybridized carbons (Fsp3) is 0. The Hall–Kier alpha value is -6.38. The van der Waals surface area contributed by atoms with Crippen molar-refractivity contribution in [3.05, 3.63) is 182 Å². The molecular formula is C46H30N2. The molecule has 0 N–H and O–H groups in total. The number of fused-ring (bicyclic) bond motifs is 7. The molecule has 0 radical (unpaired) electrons. The van der Waals surface area contributed by atoms with Gasteiger partial charge in [0.15, 0.2) is 0 Å². The van der Waals surface area contributed by atoms with E-state index < -0.39 is 0 Å². The first-order valence-corrected chi connectivity index (χ1v) is 16.5. The molecule has 2 aromatic heterocycles. The quantitative estimate of drug-likeness (QED) is 0.188. The lowest BCUT2D eigenvalue weighted by Crippen LogP contribution is -1.94. The van der Waals surface area contributed by atoms with Crippen molar-refractivity contribution in [2.75, 3.05) is 0 Å². The summed E-state index contributed by atoms with van der Waals surface area (Å²) in [6.07, 6.45) is 0. The first-order valence-electron chi connectivity index (χ1n) is 16.5. The van der Waals surface area contributed by atoms with E-state index in [1.54, 1.807) is 0 Å². The molecule has 0 unspecified atom stereocenters. The average Bonchev–Trinajstić information content (AvgIpc) is 3.68. The van der Waals surface area contributed by atoms with Crippen molar-refractivity contribution in [1.82, 2.24) is 9.13 Å². The first-order chi connectivity index (χ1) is 23.8. The predicted octanol–water partition coefficient (Wildman–Crippen LogP) is 12.4.